The van der Waals surface area contributed by atoms with Gasteiger partial charge in [0.25, 0.3) is 0 Å². The fourth-order valence-corrected chi connectivity index (χ4v) is 16.8. The normalized spacial score (nSPS) is 17.2. The molecule has 0 radical (unpaired) electrons. The molecule has 129 heavy (non-hydrogen) atoms. The summed E-state index contributed by atoms with van der Waals surface area (Å²) in [6.07, 6.45) is 6.82. The Labute approximate surface area is 794 Å². The van der Waals surface area contributed by atoms with Crippen LogP contribution in [0.2, 0.25) is 0 Å². The number of ether oxygens (including phenoxy) is 5. The summed E-state index contributed by atoms with van der Waals surface area (Å²) in [5.41, 5.74) is 13.4. The maximum absolute atomic E-state index is 5.97. The molecular weight excluding hydrogens is 1590 g/mol. The van der Waals surface area contributed by atoms with E-state index in [2.05, 4.69) is 428 Å². The second-order valence-electron chi connectivity index (χ2n) is 50.8. The smallest absolute Gasteiger partial charge is 0.119 e. The van der Waals surface area contributed by atoms with E-state index in [9.17, 15) is 0 Å². The van der Waals surface area contributed by atoms with Crippen molar-refractivity contribution in [3.63, 3.8) is 0 Å². The Balaban J connectivity index is 0.000000240. The monoisotopic (exact) mass is 1780 g/mol. The molecule has 11 rings (SSSR count). The average Bonchev–Trinajstić information content (AvgIpc) is 0.730. The third-order valence-electron chi connectivity index (χ3n) is 26.0. The molecule has 5 heterocycles. The summed E-state index contributed by atoms with van der Waals surface area (Å²) in [6.45, 7) is 109. The number of rotatable bonds is 24. The predicted molar refractivity (Wildman–Crippen MR) is 557 cm³/mol. The summed E-state index contributed by atoms with van der Waals surface area (Å²) in [5, 5.41) is 0. The molecule has 5 aliphatic heterocycles. The second-order valence-corrected chi connectivity index (χ2v) is 50.8. The Morgan fingerprint density at radius 2 is 0.504 bits per heavy atom. The first kappa shape index (κ1) is 112. The summed E-state index contributed by atoms with van der Waals surface area (Å²) in [4.78, 5) is 20.6. The summed E-state index contributed by atoms with van der Waals surface area (Å²) in [5.74, 6) is 4.95. The summed E-state index contributed by atoms with van der Waals surface area (Å²) in [6, 6.07) is 51.7. The van der Waals surface area contributed by atoms with Crippen LogP contribution in [0.3, 0.4) is 0 Å². The quantitative estimate of drug-likeness (QED) is 0.0541. The molecule has 0 atom stereocenters. The number of hydrogen-bond acceptors (Lipinski definition) is 13. The summed E-state index contributed by atoms with van der Waals surface area (Å²) in [7, 11) is 0. The molecular formula is C116H194N8O5. The fourth-order valence-electron chi connectivity index (χ4n) is 16.8. The van der Waals surface area contributed by atoms with Gasteiger partial charge in [0.1, 0.15) is 35.4 Å². The lowest BCUT2D eigenvalue weighted by Crippen LogP contribution is -2.74. The first-order valence-corrected chi connectivity index (χ1v) is 50.1. The van der Waals surface area contributed by atoms with E-state index in [0.29, 0.717) is 38.4 Å². The van der Waals surface area contributed by atoms with Crippen LogP contribution in [0.4, 0.5) is 0 Å². The van der Waals surface area contributed by atoms with Crippen molar-refractivity contribution in [2.24, 2.45) is 16.2 Å². The van der Waals surface area contributed by atoms with Gasteiger partial charge in [0.15, 0.2) is 0 Å². The molecule has 0 N–H and O–H groups in total. The first-order chi connectivity index (χ1) is 59.4. The van der Waals surface area contributed by atoms with E-state index in [1.54, 1.807) is 0 Å². The molecule has 0 bridgehead atoms. The molecule has 0 unspecified atom stereocenters. The van der Waals surface area contributed by atoms with Gasteiger partial charge in [-0.3, -0.25) is 29.4 Å². The molecule has 1 spiro atoms. The standard InChI is InChI=1S/C21H34N2O.2C21H36N2O.C19H32N2.2C17H28O/c1-19(2,3)17-7-9-18(10-8-17)24-12-11-22-13-21(14-22)15-23(16-21)20(4,5)6;1-20(2,3)18-8-10-19(11-9-18)24-17-7-12-22-13-15-23(16-14-22)21(4,5)6;1-20(2,3)18-9-7-10-19(17-18)24-16-8-11-22-12-14-23(15-13-22)21(4,5)6;1-18(2,3)17-9-7-8-16(14-17)15-20-10-12-21(13-11-20)19(4,5)6;1-16(2,3)12-7-13-18-15-10-8-14(9-11-15)17(4,5)6;1-16(2,3)11-8-12-18-15-10-7-9-14(13-15)17(4,5)6/h7-10H,11-16H2,1-6H3;8-11H,7,12-17H2,1-6H3;7,9-10,17H,8,11-16H2,1-6H3;7-9,14H,10-13,15H2,1-6H3;8-11H,7,12-13H2,1-6H3;7,9-10,13H,8,11-12H2,1-6H3. The molecule has 6 aromatic rings. The molecule has 13 nitrogen and oxygen atoms in total. The zero-order valence-corrected chi connectivity index (χ0v) is 89.9. The summed E-state index contributed by atoms with van der Waals surface area (Å²) < 4.78 is 29.4. The number of nitrogens with zero attached hydrogens (tertiary/aromatic N) is 8. The molecule has 0 aliphatic carbocycles. The van der Waals surface area contributed by atoms with E-state index in [4.69, 9.17) is 23.7 Å². The first-order valence-electron chi connectivity index (χ1n) is 50.1. The molecule has 5 fully saturated rings. The van der Waals surface area contributed by atoms with Crippen LogP contribution in [0.25, 0.3) is 0 Å². The third-order valence-corrected chi connectivity index (χ3v) is 26.0. The van der Waals surface area contributed by atoms with E-state index in [0.717, 1.165) is 114 Å². The Bertz CT molecular complexity index is 4100. The highest BCUT2D eigenvalue weighted by molar-refractivity contribution is 5.36. The predicted octanol–water partition coefficient (Wildman–Crippen LogP) is 26.4. The van der Waals surface area contributed by atoms with Crippen molar-refractivity contribution in [3.8, 4) is 28.7 Å². The maximum Gasteiger partial charge on any atom is 0.119 e. The lowest BCUT2D eigenvalue weighted by Gasteiger charge is -2.63. The SMILES string of the molecule is CC(C)(C)CCCOc1ccc(C(C)(C)C)cc1.CC(C)(C)CCCOc1cccc(C(C)(C)C)c1.CC(C)(C)c1ccc(OCCCN2CCN(C(C)(C)C)CC2)cc1.CC(C)(C)c1ccc(OCCN2CC3(C2)CN(C(C)(C)C)C3)cc1.CC(C)(C)c1cccc(CN2CCN(C(C)(C)C)CC2)c1.CC(C)(C)c1cccc(OCCCN2CCN(C(C)(C)C)CC2)c1. The van der Waals surface area contributed by atoms with E-state index in [1.165, 1.54) is 157 Å². The maximum atomic E-state index is 5.97. The highest BCUT2D eigenvalue weighted by Gasteiger charge is 2.53. The average molecular weight is 1780 g/mol. The lowest BCUT2D eigenvalue weighted by atomic mass is 9.71. The van der Waals surface area contributed by atoms with Gasteiger partial charge in [-0.1, -0.05) is 251 Å². The van der Waals surface area contributed by atoms with Gasteiger partial charge in [-0.25, -0.2) is 0 Å². The van der Waals surface area contributed by atoms with Crippen LogP contribution in [0, 0.1) is 16.2 Å². The highest BCUT2D eigenvalue weighted by atomic mass is 16.5. The zero-order chi connectivity index (χ0) is 96.5. The Morgan fingerprint density at radius 1 is 0.233 bits per heavy atom. The van der Waals surface area contributed by atoms with Gasteiger partial charge < -0.3 is 33.5 Å². The van der Waals surface area contributed by atoms with E-state index in [-0.39, 0.29) is 32.5 Å². The number of hydrogen-bond donors (Lipinski definition) is 0. The molecule has 728 valence electrons. The number of likely N-dealkylation sites (tertiary alicyclic amines) is 2. The minimum absolute atomic E-state index is 0.173. The Morgan fingerprint density at radius 3 is 0.798 bits per heavy atom. The van der Waals surface area contributed by atoms with Gasteiger partial charge in [0.2, 0.25) is 0 Å². The fraction of sp³-hybridized carbons (Fsp3) is 0.690. The van der Waals surface area contributed by atoms with Crippen molar-refractivity contribution in [2.75, 3.05) is 157 Å². The highest BCUT2D eigenvalue weighted by Crippen LogP contribution is 2.43. The number of benzene rings is 6. The number of piperazine rings is 3. The minimum atomic E-state index is 0.173. The van der Waals surface area contributed by atoms with Crippen LogP contribution in [-0.4, -0.2) is 219 Å². The largest absolute Gasteiger partial charge is 0.494 e. The lowest BCUT2D eigenvalue weighted by molar-refractivity contribution is -0.145. The Hall–Kier alpha value is -6.00. The molecule has 0 amide bonds. The van der Waals surface area contributed by atoms with Crippen molar-refractivity contribution in [1.82, 2.24) is 39.2 Å². The Kier molecular flexibility index (Phi) is 42.0. The van der Waals surface area contributed by atoms with Crippen molar-refractivity contribution in [3.05, 3.63) is 185 Å². The minimum Gasteiger partial charge on any atom is -0.494 e. The van der Waals surface area contributed by atoms with Crippen molar-refractivity contribution >= 4 is 0 Å². The van der Waals surface area contributed by atoms with Gasteiger partial charge in [-0.05, 0) is 265 Å². The van der Waals surface area contributed by atoms with Crippen LogP contribution in [0.1, 0.15) is 327 Å². The molecule has 0 aromatic heterocycles. The van der Waals surface area contributed by atoms with Crippen LogP contribution in [0.5, 0.6) is 28.7 Å². The molecule has 5 saturated heterocycles. The summed E-state index contributed by atoms with van der Waals surface area (Å²) >= 11 is 0. The van der Waals surface area contributed by atoms with Gasteiger partial charge in [-0.2, -0.15) is 0 Å². The molecule has 5 aliphatic rings. The van der Waals surface area contributed by atoms with E-state index < -0.39 is 0 Å². The zero-order valence-electron chi connectivity index (χ0n) is 89.9. The van der Waals surface area contributed by atoms with Crippen LogP contribution in [-0.2, 0) is 39.0 Å². The van der Waals surface area contributed by atoms with Crippen LogP contribution in [0.15, 0.2) is 146 Å². The topological polar surface area (TPSA) is 72.1 Å². The van der Waals surface area contributed by atoms with Crippen molar-refractivity contribution in [2.45, 2.75) is 349 Å². The van der Waals surface area contributed by atoms with Crippen molar-refractivity contribution < 1.29 is 23.7 Å². The van der Waals surface area contributed by atoms with Crippen molar-refractivity contribution in [1.29, 1.82) is 0 Å². The third kappa shape index (κ3) is 42.2. The molecule has 13 heteroatoms. The second kappa shape index (κ2) is 48.5. The molecule has 0 saturated carbocycles. The molecule has 6 aromatic carbocycles. The van der Waals surface area contributed by atoms with E-state index in [1.807, 2.05) is 6.07 Å². The van der Waals surface area contributed by atoms with Gasteiger partial charge >= 0.3 is 0 Å². The van der Waals surface area contributed by atoms with Gasteiger partial charge in [0.05, 0.1) is 26.4 Å². The van der Waals surface area contributed by atoms with E-state index >= 15 is 0 Å². The van der Waals surface area contributed by atoms with Crippen LogP contribution >= 0.6 is 0 Å². The van der Waals surface area contributed by atoms with Gasteiger partial charge in [0, 0.05) is 158 Å². The van der Waals surface area contributed by atoms with Gasteiger partial charge in [-0.15, -0.1) is 0 Å². The van der Waals surface area contributed by atoms with Crippen LogP contribution < -0.4 is 23.7 Å².